The number of carbonyl (C=O) groups excluding carboxylic acids is 1. The maximum absolute atomic E-state index is 11.7. The molecule has 0 heterocycles. The third kappa shape index (κ3) is 5.90. The number of benzene rings is 1. The maximum Gasteiger partial charge on any atom is 0.326 e. The Labute approximate surface area is 113 Å². The van der Waals surface area contributed by atoms with Crippen LogP contribution in [0.4, 0.5) is 5.69 Å². The van der Waals surface area contributed by atoms with Gasteiger partial charge in [0.1, 0.15) is 6.04 Å². The van der Waals surface area contributed by atoms with E-state index < -0.39 is 12.0 Å². The Balaban J connectivity index is 2.42. The highest BCUT2D eigenvalue weighted by atomic mass is 16.4. The number of hydrogen-bond acceptors (Lipinski definition) is 3. The third-order valence-corrected chi connectivity index (χ3v) is 2.57. The zero-order valence-corrected chi connectivity index (χ0v) is 11.2. The molecule has 1 rings (SSSR count). The topological polar surface area (TPSA) is 78.4 Å². The normalized spacial score (nSPS) is 11.9. The van der Waals surface area contributed by atoms with E-state index in [1.54, 1.807) is 0 Å². The first-order valence-corrected chi connectivity index (χ1v) is 6.30. The molecule has 1 amide bonds. The minimum atomic E-state index is -0.998. The van der Waals surface area contributed by atoms with Crippen molar-refractivity contribution in [3.8, 4) is 0 Å². The quantitative estimate of drug-likeness (QED) is 0.700. The lowest BCUT2D eigenvalue weighted by atomic mass is 10.0. The fourth-order valence-electron chi connectivity index (χ4n) is 1.68. The predicted molar refractivity (Wildman–Crippen MR) is 74.0 cm³/mol. The van der Waals surface area contributed by atoms with E-state index in [2.05, 4.69) is 10.6 Å². The molecule has 0 saturated heterocycles. The zero-order valence-electron chi connectivity index (χ0n) is 11.2. The van der Waals surface area contributed by atoms with Crippen LogP contribution in [0.3, 0.4) is 0 Å². The summed E-state index contributed by atoms with van der Waals surface area (Å²) in [6.07, 6.45) is 0.423. The fraction of sp³-hybridized carbons (Fsp3) is 0.429. The molecule has 5 heteroatoms. The Morgan fingerprint density at radius 2 is 1.84 bits per heavy atom. The number of hydrogen-bond donors (Lipinski definition) is 3. The van der Waals surface area contributed by atoms with Crippen molar-refractivity contribution in [3.63, 3.8) is 0 Å². The number of carboxylic acid groups (broad SMARTS) is 1. The molecule has 0 saturated carbocycles. The number of anilines is 1. The van der Waals surface area contributed by atoms with Crippen molar-refractivity contribution in [1.82, 2.24) is 5.32 Å². The summed E-state index contributed by atoms with van der Waals surface area (Å²) in [5, 5.41) is 14.5. The Morgan fingerprint density at radius 3 is 2.37 bits per heavy atom. The van der Waals surface area contributed by atoms with Crippen LogP contribution in [0.15, 0.2) is 30.3 Å². The van der Waals surface area contributed by atoms with E-state index in [0.29, 0.717) is 6.42 Å². The van der Waals surface area contributed by atoms with E-state index in [4.69, 9.17) is 5.11 Å². The number of rotatable bonds is 7. The van der Waals surface area contributed by atoms with Gasteiger partial charge in [-0.1, -0.05) is 32.0 Å². The van der Waals surface area contributed by atoms with Crippen LogP contribution in [0.5, 0.6) is 0 Å². The second kappa shape index (κ2) is 7.41. The van der Waals surface area contributed by atoms with Crippen LogP contribution in [0.1, 0.15) is 20.3 Å². The van der Waals surface area contributed by atoms with Crippen molar-refractivity contribution in [2.45, 2.75) is 26.3 Å². The molecule has 0 aromatic heterocycles. The van der Waals surface area contributed by atoms with Crippen LogP contribution in [0.2, 0.25) is 0 Å². The van der Waals surface area contributed by atoms with Gasteiger partial charge in [-0.2, -0.15) is 0 Å². The number of carbonyl (C=O) groups is 2. The monoisotopic (exact) mass is 264 g/mol. The van der Waals surface area contributed by atoms with Crippen molar-refractivity contribution >= 4 is 17.6 Å². The maximum atomic E-state index is 11.7. The smallest absolute Gasteiger partial charge is 0.326 e. The molecule has 104 valence electrons. The van der Waals surface area contributed by atoms with Crippen molar-refractivity contribution < 1.29 is 14.7 Å². The number of amides is 1. The van der Waals surface area contributed by atoms with Crippen LogP contribution in [-0.2, 0) is 9.59 Å². The second-order valence-corrected chi connectivity index (χ2v) is 4.81. The van der Waals surface area contributed by atoms with Gasteiger partial charge in [0, 0.05) is 5.69 Å². The lowest BCUT2D eigenvalue weighted by Crippen LogP contribution is -2.43. The Kier molecular flexibility index (Phi) is 5.85. The Hall–Kier alpha value is -2.04. The highest BCUT2D eigenvalue weighted by Crippen LogP contribution is 2.06. The van der Waals surface area contributed by atoms with Gasteiger partial charge in [0.15, 0.2) is 0 Å². The van der Waals surface area contributed by atoms with Crippen LogP contribution in [0.25, 0.3) is 0 Å². The summed E-state index contributed by atoms with van der Waals surface area (Å²) in [6.45, 7) is 3.90. The molecule has 0 bridgehead atoms. The summed E-state index contributed by atoms with van der Waals surface area (Å²) in [5.74, 6) is -1.11. The average Bonchev–Trinajstić information content (AvgIpc) is 2.36. The first-order chi connectivity index (χ1) is 8.99. The largest absolute Gasteiger partial charge is 0.480 e. The number of aliphatic carboxylic acids is 1. The van der Waals surface area contributed by atoms with Crippen molar-refractivity contribution in [2.75, 3.05) is 11.9 Å². The van der Waals surface area contributed by atoms with Gasteiger partial charge in [-0.05, 0) is 24.5 Å². The van der Waals surface area contributed by atoms with E-state index >= 15 is 0 Å². The molecule has 1 atom stereocenters. The zero-order chi connectivity index (χ0) is 14.3. The van der Waals surface area contributed by atoms with Gasteiger partial charge in [0.05, 0.1) is 6.54 Å². The minimum absolute atomic E-state index is 0.0614. The van der Waals surface area contributed by atoms with Crippen LogP contribution in [-0.4, -0.2) is 29.6 Å². The highest BCUT2D eigenvalue weighted by Gasteiger charge is 2.20. The van der Waals surface area contributed by atoms with Gasteiger partial charge in [0.25, 0.3) is 0 Å². The van der Waals surface area contributed by atoms with Gasteiger partial charge in [-0.3, -0.25) is 4.79 Å². The lowest BCUT2D eigenvalue weighted by molar-refractivity contribution is -0.142. The Morgan fingerprint density at radius 1 is 1.21 bits per heavy atom. The van der Waals surface area contributed by atoms with E-state index in [9.17, 15) is 9.59 Å². The van der Waals surface area contributed by atoms with Gasteiger partial charge >= 0.3 is 5.97 Å². The van der Waals surface area contributed by atoms with Gasteiger partial charge in [-0.25, -0.2) is 4.79 Å². The standard InChI is InChI=1S/C14H20N2O3/c1-10(2)8-12(14(18)19)16-13(17)9-15-11-6-4-3-5-7-11/h3-7,10,12,15H,8-9H2,1-2H3,(H,16,17)(H,18,19)/t12-/m0/s1. The fourth-order valence-corrected chi connectivity index (χ4v) is 1.68. The summed E-state index contributed by atoms with van der Waals surface area (Å²) in [5.41, 5.74) is 0.827. The van der Waals surface area contributed by atoms with Crippen molar-refractivity contribution in [1.29, 1.82) is 0 Å². The molecule has 0 aliphatic rings. The summed E-state index contributed by atoms with van der Waals surface area (Å²) >= 11 is 0. The summed E-state index contributed by atoms with van der Waals surface area (Å²) < 4.78 is 0. The Bertz CT molecular complexity index is 418. The average molecular weight is 264 g/mol. The van der Waals surface area contributed by atoms with Gasteiger partial charge in [-0.15, -0.1) is 0 Å². The molecule has 0 aliphatic heterocycles. The first-order valence-electron chi connectivity index (χ1n) is 6.30. The van der Waals surface area contributed by atoms with Crippen molar-refractivity contribution in [3.05, 3.63) is 30.3 Å². The molecule has 0 aliphatic carbocycles. The minimum Gasteiger partial charge on any atom is -0.480 e. The molecule has 5 nitrogen and oxygen atoms in total. The van der Waals surface area contributed by atoms with E-state index in [1.807, 2.05) is 44.2 Å². The predicted octanol–water partition coefficient (Wildman–Crippen LogP) is 1.71. The van der Waals surface area contributed by atoms with Gasteiger partial charge in [0.2, 0.25) is 5.91 Å². The summed E-state index contributed by atoms with van der Waals surface area (Å²) in [6, 6.07) is 8.46. The SMILES string of the molecule is CC(C)C[C@H](NC(=O)CNc1ccccc1)C(=O)O. The number of carboxylic acids is 1. The highest BCUT2D eigenvalue weighted by molar-refractivity contribution is 5.86. The molecule has 1 aromatic rings. The molecule has 19 heavy (non-hydrogen) atoms. The third-order valence-electron chi connectivity index (χ3n) is 2.57. The molecule has 1 aromatic carbocycles. The van der Waals surface area contributed by atoms with Gasteiger partial charge < -0.3 is 15.7 Å². The van der Waals surface area contributed by atoms with Crippen molar-refractivity contribution in [2.24, 2.45) is 5.92 Å². The van der Waals surface area contributed by atoms with Crippen LogP contribution in [0, 0.1) is 5.92 Å². The first kappa shape index (κ1) is 15.0. The van der Waals surface area contributed by atoms with E-state index in [0.717, 1.165) is 5.69 Å². The summed E-state index contributed by atoms with van der Waals surface area (Å²) in [7, 11) is 0. The van der Waals surface area contributed by atoms with E-state index in [-0.39, 0.29) is 18.4 Å². The number of para-hydroxylation sites is 1. The molecule has 0 unspecified atom stereocenters. The second-order valence-electron chi connectivity index (χ2n) is 4.81. The molecule has 3 N–H and O–H groups in total. The molecule has 0 spiro atoms. The summed E-state index contributed by atoms with van der Waals surface area (Å²) in [4.78, 5) is 22.7. The molecular weight excluding hydrogens is 244 g/mol. The van der Waals surface area contributed by atoms with Crippen LogP contribution >= 0.6 is 0 Å². The van der Waals surface area contributed by atoms with Crippen LogP contribution < -0.4 is 10.6 Å². The lowest BCUT2D eigenvalue weighted by Gasteiger charge is -2.16. The molecule has 0 radical (unpaired) electrons. The molecular formula is C14H20N2O3. The number of nitrogens with one attached hydrogen (secondary N) is 2. The molecule has 0 fully saturated rings. The van der Waals surface area contributed by atoms with E-state index in [1.165, 1.54) is 0 Å².